The standard InChI is InChI=1S/C17H32N2O3/c1-17(2)15(21-12-22-17)9-8-14(19-16(20)11-18)10-13-6-4-3-5-7-13/h13-15H,3-12,18H2,1-2H3,(H,19,20). The summed E-state index contributed by atoms with van der Waals surface area (Å²) in [5.74, 6) is 0.689. The van der Waals surface area contributed by atoms with Crippen molar-refractivity contribution in [1.82, 2.24) is 5.32 Å². The highest BCUT2D eigenvalue weighted by atomic mass is 16.7. The number of nitrogens with one attached hydrogen (secondary N) is 1. The Morgan fingerprint density at radius 3 is 2.64 bits per heavy atom. The number of nitrogens with two attached hydrogens (primary N) is 1. The summed E-state index contributed by atoms with van der Waals surface area (Å²) >= 11 is 0. The molecule has 0 aromatic rings. The zero-order valence-electron chi connectivity index (χ0n) is 14.1. The molecule has 1 amide bonds. The summed E-state index contributed by atoms with van der Waals surface area (Å²) in [7, 11) is 0. The van der Waals surface area contributed by atoms with Gasteiger partial charge in [-0.15, -0.1) is 0 Å². The van der Waals surface area contributed by atoms with Crippen molar-refractivity contribution >= 4 is 5.91 Å². The molecule has 0 aromatic heterocycles. The molecule has 1 aliphatic heterocycles. The average molecular weight is 312 g/mol. The van der Waals surface area contributed by atoms with Crippen LogP contribution in [0.5, 0.6) is 0 Å². The van der Waals surface area contributed by atoms with Gasteiger partial charge in [0.2, 0.25) is 5.91 Å². The van der Waals surface area contributed by atoms with Crippen LogP contribution in [0.25, 0.3) is 0 Å². The van der Waals surface area contributed by atoms with Gasteiger partial charge in [0.15, 0.2) is 0 Å². The maximum absolute atomic E-state index is 11.7. The molecule has 22 heavy (non-hydrogen) atoms. The minimum Gasteiger partial charge on any atom is -0.352 e. The molecular formula is C17H32N2O3. The van der Waals surface area contributed by atoms with Gasteiger partial charge in [0.1, 0.15) is 6.79 Å². The van der Waals surface area contributed by atoms with Gasteiger partial charge in [-0.3, -0.25) is 4.79 Å². The van der Waals surface area contributed by atoms with E-state index < -0.39 is 0 Å². The first-order valence-electron chi connectivity index (χ1n) is 8.76. The topological polar surface area (TPSA) is 73.6 Å². The van der Waals surface area contributed by atoms with Crippen molar-refractivity contribution in [3.63, 3.8) is 0 Å². The Kier molecular flexibility index (Phi) is 6.66. The molecule has 1 aliphatic carbocycles. The SMILES string of the molecule is CC1(C)OCOC1CCC(CC1CCCCC1)NC(=O)CN. The Morgan fingerprint density at radius 1 is 1.32 bits per heavy atom. The fraction of sp³-hybridized carbons (Fsp3) is 0.941. The first-order valence-corrected chi connectivity index (χ1v) is 8.76. The number of ether oxygens (including phenoxy) is 2. The van der Waals surface area contributed by atoms with Crippen molar-refractivity contribution < 1.29 is 14.3 Å². The van der Waals surface area contributed by atoms with Crippen LogP contribution in [0.4, 0.5) is 0 Å². The second-order valence-corrected chi connectivity index (χ2v) is 7.31. The second-order valence-electron chi connectivity index (χ2n) is 7.31. The van der Waals surface area contributed by atoms with E-state index in [1.807, 2.05) is 0 Å². The van der Waals surface area contributed by atoms with E-state index in [1.165, 1.54) is 32.1 Å². The molecule has 1 heterocycles. The molecule has 0 bridgehead atoms. The van der Waals surface area contributed by atoms with E-state index in [0.717, 1.165) is 25.2 Å². The number of carbonyl (C=O) groups is 1. The van der Waals surface area contributed by atoms with Gasteiger partial charge >= 0.3 is 0 Å². The van der Waals surface area contributed by atoms with Crippen molar-refractivity contribution in [1.29, 1.82) is 0 Å². The van der Waals surface area contributed by atoms with Crippen LogP contribution in [-0.4, -0.2) is 37.0 Å². The van der Waals surface area contributed by atoms with Crippen molar-refractivity contribution in [2.45, 2.75) is 83.0 Å². The molecular weight excluding hydrogens is 280 g/mol. The predicted molar refractivity (Wildman–Crippen MR) is 86.3 cm³/mol. The summed E-state index contributed by atoms with van der Waals surface area (Å²) in [5.41, 5.74) is 5.23. The molecule has 2 rings (SSSR count). The molecule has 2 atom stereocenters. The minimum absolute atomic E-state index is 0.0522. The molecule has 128 valence electrons. The van der Waals surface area contributed by atoms with Crippen LogP contribution in [0, 0.1) is 5.92 Å². The molecule has 2 fully saturated rings. The third-order valence-corrected chi connectivity index (χ3v) is 5.15. The molecule has 1 saturated carbocycles. The monoisotopic (exact) mass is 312 g/mol. The quantitative estimate of drug-likeness (QED) is 0.757. The lowest BCUT2D eigenvalue weighted by Crippen LogP contribution is -2.41. The van der Waals surface area contributed by atoms with Crippen LogP contribution >= 0.6 is 0 Å². The van der Waals surface area contributed by atoms with Crippen LogP contribution < -0.4 is 11.1 Å². The van der Waals surface area contributed by atoms with E-state index in [4.69, 9.17) is 15.2 Å². The highest BCUT2D eigenvalue weighted by molar-refractivity contribution is 5.78. The number of hydrogen-bond acceptors (Lipinski definition) is 4. The van der Waals surface area contributed by atoms with Gasteiger partial charge in [0.05, 0.1) is 18.2 Å². The van der Waals surface area contributed by atoms with Gasteiger partial charge in [-0.25, -0.2) is 0 Å². The van der Waals surface area contributed by atoms with Crippen LogP contribution in [0.3, 0.4) is 0 Å². The fourth-order valence-corrected chi connectivity index (χ4v) is 3.71. The first kappa shape index (κ1) is 17.7. The molecule has 3 N–H and O–H groups in total. The molecule has 0 aromatic carbocycles. The van der Waals surface area contributed by atoms with E-state index in [1.54, 1.807) is 0 Å². The normalized spacial score (nSPS) is 26.8. The lowest BCUT2D eigenvalue weighted by molar-refractivity contribution is -0.120. The number of carbonyl (C=O) groups excluding carboxylic acids is 1. The second kappa shape index (κ2) is 8.27. The summed E-state index contributed by atoms with van der Waals surface area (Å²) < 4.78 is 11.3. The van der Waals surface area contributed by atoms with Crippen molar-refractivity contribution in [2.75, 3.05) is 13.3 Å². The minimum atomic E-state index is -0.229. The number of rotatable bonds is 7. The van der Waals surface area contributed by atoms with Crippen molar-refractivity contribution in [3.8, 4) is 0 Å². The summed E-state index contributed by atoms with van der Waals surface area (Å²) in [6.07, 6.45) is 9.62. The maximum Gasteiger partial charge on any atom is 0.233 e. The van der Waals surface area contributed by atoms with E-state index in [0.29, 0.717) is 6.79 Å². The summed E-state index contributed by atoms with van der Waals surface area (Å²) in [6.45, 7) is 4.58. The Morgan fingerprint density at radius 2 is 2.05 bits per heavy atom. The number of amides is 1. The number of hydrogen-bond donors (Lipinski definition) is 2. The molecule has 2 aliphatic rings. The van der Waals surface area contributed by atoms with Gasteiger partial charge in [0.25, 0.3) is 0 Å². The Bertz CT molecular complexity index is 354. The molecule has 1 saturated heterocycles. The maximum atomic E-state index is 11.7. The largest absolute Gasteiger partial charge is 0.352 e. The van der Waals surface area contributed by atoms with Crippen LogP contribution in [0.2, 0.25) is 0 Å². The van der Waals surface area contributed by atoms with Gasteiger partial charge < -0.3 is 20.5 Å². The molecule has 0 radical (unpaired) electrons. The van der Waals surface area contributed by atoms with E-state index in [9.17, 15) is 4.79 Å². The van der Waals surface area contributed by atoms with Crippen LogP contribution in [0.15, 0.2) is 0 Å². The Balaban J connectivity index is 1.84. The van der Waals surface area contributed by atoms with Gasteiger partial charge in [-0.1, -0.05) is 32.1 Å². The van der Waals surface area contributed by atoms with Crippen molar-refractivity contribution in [3.05, 3.63) is 0 Å². The first-order chi connectivity index (χ1) is 10.5. The smallest absolute Gasteiger partial charge is 0.233 e. The molecule has 0 spiro atoms. The molecule has 2 unspecified atom stereocenters. The fourth-order valence-electron chi connectivity index (χ4n) is 3.71. The van der Waals surface area contributed by atoms with Crippen LogP contribution in [-0.2, 0) is 14.3 Å². The molecule has 5 nitrogen and oxygen atoms in total. The lowest BCUT2D eigenvalue weighted by Gasteiger charge is -2.29. The third-order valence-electron chi connectivity index (χ3n) is 5.15. The zero-order valence-corrected chi connectivity index (χ0v) is 14.1. The summed E-state index contributed by atoms with van der Waals surface area (Å²) in [6, 6.07) is 0.208. The van der Waals surface area contributed by atoms with Crippen LogP contribution in [0.1, 0.15) is 65.2 Å². The summed E-state index contributed by atoms with van der Waals surface area (Å²) in [4.78, 5) is 11.7. The molecule has 5 heteroatoms. The van der Waals surface area contributed by atoms with Crippen molar-refractivity contribution in [2.24, 2.45) is 11.7 Å². The van der Waals surface area contributed by atoms with Gasteiger partial charge in [-0.05, 0) is 39.0 Å². The summed E-state index contributed by atoms with van der Waals surface area (Å²) in [5, 5.41) is 3.10. The average Bonchev–Trinajstić information content (AvgIpc) is 2.84. The Labute approximate surface area is 134 Å². The highest BCUT2D eigenvalue weighted by Gasteiger charge is 2.37. The predicted octanol–water partition coefficient (Wildman–Crippen LogP) is 2.33. The van der Waals surface area contributed by atoms with Gasteiger partial charge in [0, 0.05) is 6.04 Å². The van der Waals surface area contributed by atoms with E-state index in [-0.39, 0.29) is 30.2 Å². The van der Waals surface area contributed by atoms with Gasteiger partial charge in [-0.2, -0.15) is 0 Å². The zero-order chi connectivity index (χ0) is 16.0. The van der Waals surface area contributed by atoms with E-state index in [2.05, 4.69) is 19.2 Å². The highest BCUT2D eigenvalue weighted by Crippen LogP contribution is 2.31. The Hall–Kier alpha value is -0.650. The van der Waals surface area contributed by atoms with E-state index >= 15 is 0 Å². The lowest BCUT2D eigenvalue weighted by atomic mass is 9.83. The third kappa shape index (κ3) is 5.21.